The molecule has 1 aromatic rings. The topological polar surface area (TPSA) is 226 Å². The van der Waals surface area contributed by atoms with Crippen LogP contribution in [0.5, 0.6) is 0 Å². The Morgan fingerprint density at radius 3 is 2.21 bits per heavy atom. The van der Waals surface area contributed by atoms with E-state index in [2.05, 4.69) is 38.5 Å². The Morgan fingerprint density at radius 1 is 1.09 bits per heavy atom. The third kappa shape index (κ3) is 9.77. The van der Waals surface area contributed by atoms with E-state index in [1.165, 1.54) is 19.4 Å². The summed E-state index contributed by atoms with van der Waals surface area (Å²) in [7, 11) is 0. The van der Waals surface area contributed by atoms with Gasteiger partial charge in [0.2, 0.25) is 17.7 Å². The number of H-pyrrole nitrogens is 1. The summed E-state index contributed by atoms with van der Waals surface area (Å²) >= 11 is 3.92. The Labute approximate surface area is 196 Å². The first-order chi connectivity index (χ1) is 15.6. The van der Waals surface area contributed by atoms with Gasteiger partial charge in [0.05, 0.1) is 12.4 Å². The molecule has 0 aliphatic rings. The highest BCUT2D eigenvalue weighted by Crippen LogP contribution is 2.06. The van der Waals surface area contributed by atoms with Crippen molar-refractivity contribution < 1.29 is 29.4 Å². The zero-order chi connectivity index (χ0) is 25.0. The lowest BCUT2D eigenvalue weighted by atomic mass is 10.1. The van der Waals surface area contributed by atoms with Gasteiger partial charge in [-0.15, -0.1) is 0 Å². The number of thiol groups is 1. The number of rotatable bonds is 15. The molecule has 33 heavy (non-hydrogen) atoms. The van der Waals surface area contributed by atoms with Crippen LogP contribution in [-0.2, 0) is 25.6 Å². The highest BCUT2D eigenvalue weighted by Gasteiger charge is 2.31. The van der Waals surface area contributed by atoms with Crippen molar-refractivity contribution in [2.24, 2.45) is 11.5 Å². The molecule has 0 aliphatic carbocycles. The van der Waals surface area contributed by atoms with E-state index >= 15 is 0 Å². The van der Waals surface area contributed by atoms with Gasteiger partial charge in [0.1, 0.15) is 24.2 Å². The maximum absolute atomic E-state index is 13.0. The average Bonchev–Trinajstić information content (AvgIpc) is 3.28. The molecular formula is C19H33N7O6S. The first-order valence-electron chi connectivity index (χ1n) is 10.5. The van der Waals surface area contributed by atoms with Crippen LogP contribution in [-0.4, -0.2) is 86.4 Å². The monoisotopic (exact) mass is 487 g/mol. The molecule has 0 saturated heterocycles. The van der Waals surface area contributed by atoms with Crippen LogP contribution >= 0.6 is 12.6 Å². The SMILES string of the molecule is CC(O)C(N)C(=O)NC(Cc1cnc[nH]1)C(=O)NC(CCCCN)C(=O)NC(CS)C(=O)O. The molecule has 0 aliphatic heterocycles. The number of aliphatic hydroxyl groups excluding tert-OH is 1. The fraction of sp³-hybridized carbons (Fsp3) is 0.632. The highest BCUT2D eigenvalue weighted by atomic mass is 32.1. The van der Waals surface area contributed by atoms with E-state index in [4.69, 9.17) is 11.5 Å². The zero-order valence-corrected chi connectivity index (χ0v) is 19.3. The van der Waals surface area contributed by atoms with Crippen molar-refractivity contribution in [3.8, 4) is 0 Å². The Bertz CT molecular complexity index is 777. The number of carbonyl (C=O) groups excluding carboxylic acids is 3. The Kier molecular flexibility index (Phi) is 12.4. The molecule has 0 saturated carbocycles. The van der Waals surface area contributed by atoms with Crippen molar-refractivity contribution in [1.82, 2.24) is 25.9 Å². The van der Waals surface area contributed by atoms with Gasteiger partial charge in [-0.3, -0.25) is 14.4 Å². The average molecular weight is 488 g/mol. The minimum atomic E-state index is -1.27. The number of nitrogens with zero attached hydrogens (tertiary/aromatic N) is 1. The van der Waals surface area contributed by atoms with E-state index in [9.17, 15) is 29.4 Å². The van der Waals surface area contributed by atoms with Crippen LogP contribution in [0.4, 0.5) is 0 Å². The van der Waals surface area contributed by atoms with Gasteiger partial charge < -0.3 is 42.6 Å². The molecule has 10 N–H and O–H groups in total. The lowest BCUT2D eigenvalue weighted by molar-refractivity contribution is -0.141. The lowest BCUT2D eigenvalue weighted by Crippen LogP contribution is -2.58. The normalized spacial score (nSPS) is 15.5. The van der Waals surface area contributed by atoms with Gasteiger partial charge >= 0.3 is 5.97 Å². The van der Waals surface area contributed by atoms with Crippen molar-refractivity contribution in [3.05, 3.63) is 18.2 Å². The number of hydrogen-bond donors (Lipinski definition) is 9. The minimum absolute atomic E-state index is 0.00956. The molecule has 186 valence electrons. The second-order valence-electron chi connectivity index (χ2n) is 7.54. The molecule has 1 rings (SSSR count). The standard InChI is InChI=1S/C19H33N7O6S/c1-10(27)15(21)18(30)25-13(6-11-7-22-9-23-11)17(29)24-12(4-2-3-5-20)16(28)26-14(8-33)19(31)32/h7,9-10,12-15,27,33H,2-6,8,20-21H2,1H3,(H,22,23)(H,24,29)(H,25,30)(H,26,28)(H,31,32). The number of aliphatic hydroxyl groups is 1. The number of amides is 3. The molecule has 0 bridgehead atoms. The third-order valence-corrected chi connectivity index (χ3v) is 5.18. The van der Waals surface area contributed by atoms with E-state index in [1.54, 1.807) is 0 Å². The maximum atomic E-state index is 13.0. The van der Waals surface area contributed by atoms with Crippen LogP contribution < -0.4 is 27.4 Å². The molecule has 0 spiro atoms. The number of carboxylic acid groups (broad SMARTS) is 1. The number of unbranched alkanes of at least 4 members (excludes halogenated alkanes) is 1. The molecule has 1 aromatic heterocycles. The third-order valence-electron chi connectivity index (χ3n) is 4.81. The summed E-state index contributed by atoms with van der Waals surface area (Å²) in [4.78, 5) is 56.0. The number of nitrogens with one attached hydrogen (secondary N) is 4. The molecule has 13 nitrogen and oxygen atoms in total. The largest absolute Gasteiger partial charge is 0.480 e. The van der Waals surface area contributed by atoms with Gasteiger partial charge in [0, 0.05) is 24.1 Å². The number of hydrogen-bond acceptors (Lipinski definition) is 9. The van der Waals surface area contributed by atoms with E-state index in [0.717, 1.165) is 0 Å². The van der Waals surface area contributed by atoms with Crippen molar-refractivity contribution in [2.75, 3.05) is 12.3 Å². The molecule has 1 heterocycles. The summed E-state index contributed by atoms with van der Waals surface area (Å²) in [5.74, 6) is -3.55. The molecular weight excluding hydrogens is 454 g/mol. The summed E-state index contributed by atoms with van der Waals surface area (Å²) in [6, 6.07) is -4.72. The first-order valence-corrected chi connectivity index (χ1v) is 11.1. The van der Waals surface area contributed by atoms with Crippen LogP contribution in [0, 0.1) is 0 Å². The Balaban J connectivity index is 3.01. The fourth-order valence-electron chi connectivity index (χ4n) is 2.80. The van der Waals surface area contributed by atoms with Crippen molar-refractivity contribution in [2.45, 2.75) is 62.9 Å². The summed E-state index contributed by atoms with van der Waals surface area (Å²) in [6.45, 7) is 1.72. The van der Waals surface area contributed by atoms with E-state index < -0.39 is 54.0 Å². The highest BCUT2D eigenvalue weighted by molar-refractivity contribution is 7.80. The van der Waals surface area contributed by atoms with Gasteiger partial charge in [0.25, 0.3) is 0 Å². The minimum Gasteiger partial charge on any atom is -0.480 e. The number of carbonyl (C=O) groups is 4. The van der Waals surface area contributed by atoms with Crippen LogP contribution in [0.15, 0.2) is 12.5 Å². The van der Waals surface area contributed by atoms with Crippen LogP contribution in [0.25, 0.3) is 0 Å². The predicted octanol–water partition coefficient (Wildman–Crippen LogP) is -2.74. The smallest absolute Gasteiger partial charge is 0.327 e. The second kappa shape index (κ2) is 14.5. The second-order valence-corrected chi connectivity index (χ2v) is 7.90. The molecule has 0 fully saturated rings. The number of carboxylic acids is 1. The van der Waals surface area contributed by atoms with Gasteiger partial charge in [-0.05, 0) is 32.7 Å². The van der Waals surface area contributed by atoms with Gasteiger partial charge in [0.15, 0.2) is 0 Å². The summed E-state index contributed by atoms with van der Waals surface area (Å²) in [5, 5.41) is 26.1. The number of aromatic amines is 1. The molecule has 5 unspecified atom stereocenters. The van der Waals surface area contributed by atoms with Gasteiger partial charge in [-0.1, -0.05) is 0 Å². The number of imidazole rings is 1. The Morgan fingerprint density at radius 2 is 1.70 bits per heavy atom. The van der Waals surface area contributed by atoms with E-state index in [0.29, 0.717) is 25.1 Å². The Hall–Kier alpha value is -2.68. The van der Waals surface area contributed by atoms with Crippen molar-refractivity contribution in [3.63, 3.8) is 0 Å². The quantitative estimate of drug-likeness (QED) is 0.0922. The van der Waals surface area contributed by atoms with Gasteiger partial charge in [-0.25, -0.2) is 9.78 Å². The van der Waals surface area contributed by atoms with Crippen LogP contribution in [0.1, 0.15) is 31.9 Å². The van der Waals surface area contributed by atoms with E-state index in [1.807, 2.05) is 0 Å². The molecule has 3 amide bonds. The predicted molar refractivity (Wildman–Crippen MR) is 122 cm³/mol. The fourth-order valence-corrected chi connectivity index (χ4v) is 3.05. The summed E-state index contributed by atoms with van der Waals surface area (Å²) < 4.78 is 0. The zero-order valence-electron chi connectivity index (χ0n) is 18.4. The maximum Gasteiger partial charge on any atom is 0.327 e. The van der Waals surface area contributed by atoms with Crippen molar-refractivity contribution >= 4 is 36.3 Å². The summed E-state index contributed by atoms with van der Waals surface area (Å²) in [6.07, 6.45) is 3.02. The summed E-state index contributed by atoms with van der Waals surface area (Å²) in [5.41, 5.74) is 11.7. The molecule has 14 heteroatoms. The number of aromatic nitrogens is 2. The molecule has 0 aromatic carbocycles. The molecule has 0 radical (unpaired) electrons. The van der Waals surface area contributed by atoms with Crippen LogP contribution in [0.3, 0.4) is 0 Å². The van der Waals surface area contributed by atoms with Crippen molar-refractivity contribution in [1.29, 1.82) is 0 Å². The van der Waals surface area contributed by atoms with Crippen LogP contribution in [0.2, 0.25) is 0 Å². The first kappa shape index (κ1) is 28.4. The number of aliphatic carboxylic acids is 1. The van der Waals surface area contributed by atoms with E-state index in [-0.39, 0.29) is 18.6 Å². The van der Waals surface area contributed by atoms with Gasteiger partial charge in [-0.2, -0.15) is 12.6 Å². The lowest BCUT2D eigenvalue weighted by Gasteiger charge is -2.25. The molecule has 5 atom stereocenters. The number of nitrogens with two attached hydrogens (primary N) is 2.